The summed E-state index contributed by atoms with van der Waals surface area (Å²) in [6, 6.07) is 3.18. The third kappa shape index (κ3) is 5.68. The summed E-state index contributed by atoms with van der Waals surface area (Å²) in [5.41, 5.74) is 1.21. The number of unbranched alkanes of at least 4 members (excludes halogenated alkanes) is 4. The number of pyridine rings is 1. The number of aromatic nitrogens is 1. The SMILES string of the molecule is CC1(C)[C@@H]2CCC1(CS(=O)(=O)N[C@@H](CCCCCCCc1ccc3c(n1)[NH2+]CCC3)C(=O)O)C(=O)C2. The van der Waals surface area contributed by atoms with Gasteiger partial charge in [-0.3, -0.25) is 14.9 Å². The average Bonchev–Trinajstić information content (AvgIpc) is 3.16. The van der Waals surface area contributed by atoms with Crippen molar-refractivity contribution in [3.05, 3.63) is 23.4 Å². The number of nitrogens with zero attached hydrogens (tertiary/aromatic N) is 1. The van der Waals surface area contributed by atoms with Gasteiger partial charge in [0.05, 0.1) is 12.3 Å². The highest BCUT2D eigenvalue weighted by atomic mass is 32.2. The summed E-state index contributed by atoms with van der Waals surface area (Å²) in [7, 11) is -3.91. The number of carboxylic acids is 1. The number of nitrogens with two attached hydrogens (primary N) is 1. The van der Waals surface area contributed by atoms with Gasteiger partial charge >= 0.3 is 5.97 Å². The van der Waals surface area contributed by atoms with E-state index in [2.05, 4.69) is 22.2 Å². The molecule has 2 heterocycles. The van der Waals surface area contributed by atoms with Crippen molar-refractivity contribution in [2.24, 2.45) is 16.7 Å². The minimum atomic E-state index is -3.91. The molecule has 1 unspecified atom stereocenters. The number of carbonyl (C=O) groups excluding carboxylic acids is 1. The van der Waals surface area contributed by atoms with Crippen molar-refractivity contribution in [2.75, 3.05) is 12.3 Å². The van der Waals surface area contributed by atoms with Gasteiger partial charge in [0, 0.05) is 29.5 Å². The van der Waals surface area contributed by atoms with E-state index in [1.807, 2.05) is 13.8 Å². The molecular formula is C27H42N3O5S+. The first kappa shape index (κ1) is 27.2. The van der Waals surface area contributed by atoms with Crippen molar-refractivity contribution in [3.8, 4) is 0 Å². The van der Waals surface area contributed by atoms with E-state index < -0.39 is 27.4 Å². The molecule has 0 spiro atoms. The lowest BCUT2D eigenvalue weighted by Gasteiger charge is -2.36. The van der Waals surface area contributed by atoms with Gasteiger partial charge in [0.1, 0.15) is 11.8 Å². The number of aryl methyl sites for hydroxylation is 2. The van der Waals surface area contributed by atoms with Crippen molar-refractivity contribution in [2.45, 2.75) is 96.9 Å². The maximum Gasteiger partial charge on any atom is 0.321 e. The topological polar surface area (TPSA) is 130 Å². The molecule has 4 N–H and O–H groups in total. The summed E-state index contributed by atoms with van der Waals surface area (Å²) >= 11 is 0. The van der Waals surface area contributed by atoms with Crippen LogP contribution in [0.15, 0.2) is 12.1 Å². The van der Waals surface area contributed by atoms with Crippen LogP contribution >= 0.6 is 0 Å². The highest BCUT2D eigenvalue weighted by molar-refractivity contribution is 7.89. The zero-order chi connectivity index (χ0) is 26.0. The lowest BCUT2D eigenvalue weighted by molar-refractivity contribution is -0.579. The number of hydrogen-bond donors (Lipinski definition) is 3. The lowest BCUT2D eigenvalue weighted by atomic mass is 9.70. The molecule has 0 saturated heterocycles. The Labute approximate surface area is 215 Å². The molecule has 0 aromatic carbocycles. The van der Waals surface area contributed by atoms with E-state index >= 15 is 0 Å². The van der Waals surface area contributed by atoms with Crippen molar-refractivity contribution in [1.29, 1.82) is 0 Å². The van der Waals surface area contributed by atoms with E-state index in [9.17, 15) is 23.1 Å². The molecule has 0 radical (unpaired) electrons. The van der Waals surface area contributed by atoms with Crippen LogP contribution in [0.5, 0.6) is 0 Å². The third-order valence-electron chi connectivity index (χ3n) is 9.18. The van der Waals surface area contributed by atoms with Crippen LogP contribution in [0.4, 0.5) is 5.82 Å². The van der Waals surface area contributed by atoms with E-state index in [4.69, 9.17) is 4.98 Å². The molecule has 2 saturated carbocycles. The number of ketones is 1. The molecule has 4 rings (SSSR count). The van der Waals surface area contributed by atoms with E-state index in [1.54, 1.807) is 0 Å². The predicted molar refractivity (Wildman–Crippen MR) is 137 cm³/mol. The van der Waals surface area contributed by atoms with Gasteiger partial charge < -0.3 is 5.11 Å². The van der Waals surface area contributed by atoms with Gasteiger partial charge in [-0.1, -0.05) is 39.5 Å². The first-order valence-electron chi connectivity index (χ1n) is 13.6. The predicted octanol–water partition coefficient (Wildman–Crippen LogP) is 2.87. The molecule has 200 valence electrons. The fraction of sp³-hybridized carbons (Fsp3) is 0.741. The lowest BCUT2D eigenvalue weighted by Crippen LogP contribution is -2.80. The Morgan fingerprint density at radius 3 is 2.67 bits per heavy atom. The molecular weight excluding hydrogens is 478 g/mol. The molecule has 1 aromatic heterocycles. The number of sulfonamides is 1. The second kappa shape index (κ2) is 10.9. The summed E-state index contributed by atoms with van der Waals surface area (Å²) in [6.07, 6.45) is 9.92. The van der Waals surface area contributed by atoms with Crippen molar-refractivity contribution < 1.29 is 28.4 Å². The second-order valence-corrected chi connectivity index (χ2v) is 13.4. The molecule has 8 nitrogen and oxygen atoms in total. The average molecular weight is 521 g/mol. The van der Waals surface area contributed by atoms with Crippen LogP contribution in [0.1, 0.15) is 89.3 Å². The normalized spacial score (nSPS) is 25.6. The van der Waals surface area contributed by atoms with E-state index in [0.717, 1.165) is 63.0 Å². The molecule has 36 heavy (non-hydrogen) atoms. The van der Waals surface area contributed by atoms with Crippen LogP contribution in [0.2, 0.25) is 0 Å². The number of fused-ring (bicyclic) bond motifs is 3. The highest BCUT2D eigenvalue weighted by Crippen LogP contribution is 2.64. The van der Waals surface area contributed by atoms with Gasteiger partial charge in [-0.2, -0.15) is 0 Å². The summed E-state index contributed by atoms with van der Waals surface area (Å²) in [4.78, 5) is 29.3. The summed E-state index contributed by atoms with van der Waals surface area (Å²) < 4.78 is 28.4. The van der Waals surface area contributed by atoms with Gasteiger partial charge in [0.25, 0.3) is 0 Å². The fourth-order valence-corrected chi connectivity index (χ4v) is 8.77. The molecule has 9 heteroatoms. The van der Waals surface area contributed by atoms with E-state index in [0.29, 0.717) is 19.3 Å². The molecule has 3 aliphatic rings. The van der Waals surface area contributed by atoms with Crippen molar-refractivity contribution >= 4 is 27.6 Å². The molecule has 0 amide bonds. The smallest absolute Gasteiger partial charge is 0.321 e. The Morgan fingerprint density at radius 2 is 1.97 bits per heavy atom. The van der Waals surface area contributed by atoms with Crippen LogP contribution < -0.4 is 10.0 Å². The van der Waals surface area contributed by atoms with Crippen molar-refractivity contribution in [3.63, 3.8) is 0 Å². The number of rotatable bonds is 13. The van der Waals surface area contributed by atoms with Crippen LogP contribution in [0, 0.1) is 16.7 Å². The van der Waals surface area contributed by atoms with Gasteiger partial charge in [-0.15, -0.1) is 0 Å². The Morgan fingerprint density at radius 1 is 1.22 bits per heavy atom. The number of nitrogens with one attached hydrogen (secondary N) is 1. The highest BCUT2D eigenvalue weighted by Gasteiger charge is 2.65. The Bertz CT molecular complexity index is 1090. The van der Waals surface area contributed by atoms with Crippen molar-refractivity contribution in [1.82, 2.24) is 9.71 Å². The zero-order valence-corrected chi connectivity index (χ0v) is 22.5. The van der Waals surface area contributed by atoms with Gasteiger partial charge in [-0.05, 0) is 62.0 Å². The van der Waals surface area contributed by atoms with E-state index in [1.165, 1.54) is 12.0 Å². The standard InChI is InChI=1S/C27H41N3O5S/c1-26(2)20-14-15-27(26,23(31)17-20)18-36(34,35)30-22(25(32)33)11-7-5-3-4-6-10-21-13-12-19-9-8-16-28-24(19)29-21/h12-13,20,22,30H,3-11,14-18H2,1-2H3,(H,28,29)(H,32,33)/p+1/t20-,22+,27?/m1/s1. The summed E-state index contributed by atoms with van der Waals surface area (Å²) in [6.45, 7) is 5.08. The minimum absolute atomic E-state index is 0.0183. The monoisotopic (exact) mass is 520 g/mol. The zero-order valence-electron chi connectivity index (χ0n) is 21.7. The van der Waals surface area contributed by atoms with E-state index in [-0.39, 0.29) is 29.3 Å². The van der Waals surface area contributed by atoms with Crippen LogP contribution in [-0.2, 0) is 32.5 Å². The van der Waals surface area contributed by atoms with Gasteiger partial charge in [0.2, 0.25) is 15.8 Å². The van der Waals surface area contributed by atoms with Crippen LogP contribution in [0.3, 0.4) is 0 Å². The van der Waals surface area contributed by atoms with Crippen LogP contribution in [0.25, 0.3) is 0 Å². The molecule has 1 aliphatic heterocycles. The number of quaternary nitrogens is 1. The number of carboxylic acid groups (broad SMARTS) is 1. The number of hydrogen-bond acceptors (Lipinski definition) is 5. The Kier molecular flexibility index (Phi) is 8.22. The third-order valence-corrected chi connectivity index (χ3v) is 10.7. The quantitative estimate of drug-likeness (QED) is 0.343. The summed E-state index contributed by atoms with van der Waals surface area (Å²) in [5.74, 6) is -0.0796. The fourth-order valence-electron chi connectivity index (χ4n) is 6.71. The first-order chi connectivity index (χ1) is 17.0. The van der Waals surface area contributed by atoms with Gasteiger partial charge in [-0.25, -0.2) is 18.1 Å². The molecule has 2 fully saturated rings. The van der Waals surface area contributed by atoms with Gasteiger partial charge in [0.15, 0.2) is 0 Å². The molecule has 2 aliphatic carbocycles. The summed E-state index contributed by atoms with van der Waals surface area (Å²) in [5, 5.41) is 11.9. The first-order valence-corrected chi connectivity index (χ1v) is 15.3. The molecule has 2 bridgehead atoms. The number of aliphatic carboxylic acids is 1. The largest absolute Gasteiger partial charge is 0.480 e. The molecule has 3 atom stereocenters. The Hall–Kier alpha value is -1.84. The number of Topliss-reactive ketones (excluding diaryl/α,β-unsaturated/α-hetero) is 1. The maximum absolute atomic E-state index is 13.0. The minimum Gasteiger partial charge on any atom is -0.480 e. The maximum atomic E-state index is 13.0. The van der Waals surface area contributed by atoms with Crippen LogP contribution in [-0.4, -0.2) is 48.6 Å². The number of carbonyl (C=O) groups is 2. The Balaban J connectivity index is 1.19. The molecule has 1 aromatic rings. The second-order valence-electron chi connectivity index (χ2n) is 11.7.